The van der Waals surface area contributed by atoms with Gasteiger partial charge in [-0.25, -0.2) is 0 Å². The van der Waals surface area contributed by atoms with Gasteiger partial charge in [-0.3, -0.25) is 9.80 Å². The van der Waals surface area contributed by atoms with Gasteiger partial charge in [-0.1, -0.05) is 36.1 Å². The van der Waals surface area contributed by atoms with Crippen LogP contribution in [0.4, 0.5) is 0 Å². The maximum Gasteiger partial charge on any atom is 0.0614 e. The lowest BCUT2D eigenvalue weighted by atomic mass is 10.0. The van der Waals surface area contributed by atoms with Gasteiger partial charge in [0.2, 0.25) is 0 Å². The summed E-state index contributed by atoms with van der Waals surface area (Å²) in [5.41, 5.74) is 2.92. The van der Waals surface area contributed by atoms with Crippen LogP contribution in [0.1, 0.15) is 11.1 Å². The third-order valence-corrected chi connectivity index (χ3v) is 3.15. The lowest BCUT2D eigenvalue weighted by Gasteiger charge is -2.26. The summed E-state index contributed by atoms with van der Waals surface area (Å²) in [5.74, 6) is 12.0. The highest BCUT2D eigenvalue weighted by molar-refractivity contribution is 5.30. The third kappa shape index (κ3) is 4.45. The largest absolute Gasteiger partial charge is 0.298 e. The Kier molecular flexibility index (Phi) is 5.04. The van der Waals surface area contributed by atoms with Crippen LogP contribution in [-0.2, 0) is 13.0 Å². The highest BCUT2D eigenvalue weighted by atomic mass is 15.1. The summed E-state index contributed by atoms with van der Waals surface area (Å²) in [5, 5.41) is 0. The van der Waals surface area contributed by atoms with E-state index in [0.29, 0.717) is 0 Å². The van der Waals surface area contributed by atoms with Gasteiger partial charge in [-0.2, -0.15) is 0 Å². The highest BCUT2D eigenvalue weighted by Gasteiger charge is 2.13. The summed E-state index contributed by atoms with van der Waals surface area (Å²) in [4.78, 5) is 4.42. The molecule has 0 radical (unpaired) electrons. The van der Waals surface area contributed by atoms with Crippen molar-refractivity contribution in [1.82, 2.24) is 9.80 Å². The van der Waals surface area contributed by atoms with Crippen molar-refractivity contribution in [2.75, 3.05) is 33.7 Å². The standard InChI is InChI=1S/C17H20N2/c1-18(2)12-7-3-4-8-13-19-14-11-16-9-5-6-10-17(16)15-19/h5-6,9-10H,11-15H2,1-2H3. The average molecular weight is 252 g/mol. The quantitative estimate of drug-likeness (QED) is 0.738. The molecule has 0 bridgehead atoms. The number of rotatable bonds is 2. The lowest BCUT2D eigenvalue weighted by Crippen LogP contribution is -2.30. The second kappa shape index (κ2) is 7.00. The van der Waals surface area contributed by atoms with Gasteiger partial charge in [0.05, 0.1) is 13.1 Å². The molecule has 1 aromatic rings. The smallest absolute Gasteiger partial charge is 0.0614 e. The van der Waals surface area contributed by atoms with E-state index in [1.807, 2.05) is 19.0 Å². The Labute approximate surface area is 116 Å². The van der Waals surface area contributed by atoms with E-state index >= 15 is 0 Å². The summed E-state index contributed by atoms with van der Waals surface area (Å²) < 4.78 is 0. The van der Waals surface area contributed by atoms with Gasteiger partial charge in [-0.15, -0.1) is 0 Å². The maximum absolute atomic E-state index is 3.14. The van der Waals surface area contributed by atoms with E-state index in [2.05, 4.69) is 52.8 Å². The molecule has 0 saturated heterocycles. The molecule has 0 aliphatic carbocycles. The maximum atomic E-state index is 3.14. The zero-order valence-electron chi connectivity index (χ0n) is 11.7. The van der Waals surface area contributed by atoms with E-state index in [1.54, 1.807) is 0 Å². The molecule has 19 heavy (non-hydrogen) atoms. The molecular formula is C17H20N2. The first-order valence-corrected chi connectivity index (χ1v) is 6.65. The minimum absolute atomic E-state index is 0.770. The van der Waals surface area contributed by atoms with Crippen molar-refractivity contribution < 1.29 is 0 Å². The van der Waals surface area contributed by atoms with Crippen LogP contribution in [-0.4, -0.2) is 43.5 Å². The fourth-order valence-corrected chi connectivity index (χ4v) is 2.13. The molecule has 0 saturated carbocycles. The first kappa shape index (κ1) is 13.7. The molecule has 0 N–H and O–H groups in total. The van der Waals surface area contributed by atoms with Crippen LogP contribution in [0.3, 0.4) is 0 Å². The molecule has 0 atom stereocenters. The second-order valence-electron chi connectivity index (χ2n) is 5.07. The summed E-state index contributed by atoms with van der Waals surface area (Å²) >= 11 is 0. The monoisotopic (exact) mass is 252 g/mol. The van der Waals surface area contributed by atoms with Crippen molar-refractivity contribution >= 4 is 0 Å². The molecule has 2 nitrogen and oxygen atoms in total. The summed E-state index contributed by atoms with van der Waals surface area (Å²) in [6.45, 7) is 3.68. The lowest BCUT2D eigenvalue weighted by molar-refractivity contribution is 0.286. The third-order valence-electron chi connectivity index (χ3n) is 3.15. The summed E-state index contributed by atoms with van der Waals surface area (Å²) in [6, 6.07) is 8.67. The van der Waals surface area contributed by atoms with Crippen molar-refractivity contribution in [3.05, 3.63) is 35.4 Å². The number of fused-ring (bicyclic) bond motifs is 1. The first-order chi connectivity index (χ1) is 9.25. The Bertz CT molecular complexity index is 538. The Morgan fingerprint density at radius 3 is 2.63 bits per heavy atom. The predicted octanol–water partition coefficient (Wildman–Crippen LogP) is 1.61. The van der Waals surface area contributed by atoms with Crippen LogP contribution in [0, 0.1) is 23.7 Å². The van der Waals surface area contributed by atoms with Crippen molar-refractivity contribution in [1.29, 1.82) is 0 Å². The molecule has 1 aliphatic rings. The molecule has 0 unspecified atom stereocenters. The highest BCUT2D eigenvalue weighted by Crippen LogP contribution is 2.17. The first-order valence-electron chi connectivity index (χ1n) is 6.65. The molecule has 1 heterocycles. The number of nitrogens with zero attached hydrogens (tertiary/aromatic N) is 2. The fourth-order valence-electron chi connectivity index (χ4n) is 2.13. The molecule has 2 heteroatoms. The number of hydrogen-bond donors (Lipinski definition) is 0. The zero-order chi connectivity index (χ0) is 13.5. The SMILES string of the molecule is CN(C)CC#CC#CCN1CCc2ccccc2C1. The van der Waals surface area contributed by atoms with Crippen LogP contribution in [0.15, 0.2) is 24.3 Å². The summed E-state index contributed by atoms with van der Waals surface area (Å²) in [7, 11) is 4.01. The van der Waals surface area contributed by atoms with Gasteiger partial charge in [0.15, 0.2) is 0 Å². The van der Waals surface area contributed by atoms with Gasteiger partial charge < -0.3 is 0 Å². The van der Waals surface area contributed by atoms with E-state index in [1.165, 1.54) is 11.1 Å². The molecule has 2 rings (SSSR count). The van der Waals surface area contributed by atoms with Crippen LogP contribution < -0.4 is 0 Å². The number of hydrogen-bond acceptors (Lipinski definition) is 2. The minimum Gasteiger partial charge on any atom is -0.298 e. The van der Waals surface area contributed by atoms with E-state index < -0.39 is 0 Å². The second-order valence-corrected chi connectivity index (χ2v) is 5.07. The van der Waals surface area contributed by atoms with Crippen LogP contribution in [0.5, 0.6) is 0 Å². The van der Waals surface area contributed by atoms with Crippen LogP contribution >= 0.6 is 0 Å². The average Bonchev–Trinajstić information content (AvgIpc) is 2.42. The van der Waals surface area contributed by atoms with Gasteiger partial charge in [0, 0.05) is 13.1 Å². The molecule has 0 fully saturated rings. The molecule has 0 amide bonds. The van der Waals surface area contributed by atoms with Gasteiger partial charge in [-0.05, 0) is 43.5 Å². The Hall–Kier alpha value is -1.74. The van der Waals surface area contributed by atoms with Crippen molar-refractivity contribution in [2.24, 2.45) is 0 Å². The number of benzene rings is 1. The van der Waals surface area contributed by atoms with E-state index in [4.69, 9.17) is 0 Å². The van der Waals surface area contributed by atoms with E-state index in [9.17, 15) is 0 Å². The minimum atomic E-state index is 0.770. The Morgan fingerprint density at radius 2 is 1.84 bits per heavy atom. The van der Waals surface area contributed by atoms with Crippen molar-refractivity contribution in [3.63, 3.8) is 0 Å². The van der Waals surface area contributed by atoms with Gasteiger partial charge in [0.1, 0.15) is 0 Å². The summed E-state index contributed by atoms with van der Waals surface area (Å²) in [6.07, 6.45) is 1.13. The molecule has 1 aliphatic heterocycles. The molecule has 0 spiro atoms. The van der Waals surface area contributed by atoms with Gasteiger partial charge >= 0.3 is 0 Å². The van der Waals surface area contributed by atoms with Crippen LogP contribution in [0.25, 0.3) is 0 Å². The molecular weight excluding hydrogens is 232 g/mol. The van der Waals surface area contributed by atoms with Crippen molar-refractivity contribution in [2.45, 2.75) is 13.0 Å². The topological polar surface area (TPSA) is 6.48 Å². The van der Waals surface area contributed by atoms with Crippen molar-refractivity contribution in [3.8, 4) is 23.7 Å². The zero-order valence-corrected chi connectivity index (χ0v) is 11.7. The van der Waals surface area contributed by atoms with E-state index in [-0.39, 0.29) is 0 Å². The Balaban J connectivity index is 1.82. The normalized spacial score (nSPS) is 14.1. The predicted molar refractivity (Wildman–Crippen MR) is 79.5 cm³/mol. The molecule has 98 valence electrons. The molecule has 0 aromatic heterocycles. The van der Waals surface area contributed by atoms with E-state index in [0.717, 1.165) is 32.6 Å². The Morgan fingerprint density at radius 1 is 1.11 bits per heavy atom. The molecule has 1 aromatic carbocycles. The van der Waals surface area contributed by atoms with Gasteiger partial charge in [0.25, 0.3) is 0 Å². The van der Waals surface area contributed by atoms with Crippen LogP contribution in [0.2, 0.25) is 0 Å². The fraction of sp³-hybridized carbons (Fsp3) is 0.412.